The molecule has 1 aromatic heterocycles. The van der Waals surface area contributed by atoms with E-state index in [-0.39, 0.29) is 17.0 Å². The minimum Gasteiger partial charge on any atom is -0.411 e. The molecular weight excluding hydrogens is 328 g/mol. The smallest absolute Gasteiger partial charge is 0.321 e. The molecule has 24 heavy (non-hydrogen) atoms. The summed E-state index contributed by atoms with van der Waals surface area (Å²) in [6.07, 6.45) is 0. The van der Waals surface area contributed by atoms with E-state index < -0.39 is 11.9 Å². The van der Waals surface area contributed by atoms with Crippen LogP contribution in [0, 0.1) is 13.8 Å². The predicted molar refractivity (Wildman–Crippen MR) is 91.7 cm³/mol. The van der Waals surface area contributed by atoms with E-state index in [1.54, 1.807) is 0 Å². The van der Waals surface area contributed by atoms with Gasteiger partial charge in [-0.15, -0.1) is 10.2 Å². The zero-order valence-corrected chi connectivity index (χ0v) is 14.9. The van der Waals surface area contributed by atoms with Gasteiger partial charge in [0.25, 0.3) is 5.22 Å². The molecule has 2 rings (SSSR count). The van der Waals surface area contributed by atoms with Gasteiger partial charge in [-0.25, -0.2) is 4.79 Å². The van der Waals surface area contributed by atoms with Gasteiger partial charge in [0.2, 0.25) is 11.8 Å². The Morgan fingerprint density at radius 3 is 2.46 bits per heavy atom. The Balaban J connectivity index is 1.92. The third-order valence-electron chi connectivity index (χ3n) is 2.87. The standard InChI is InChI=1S/C16H20N4O3S/c1-9(2)17-15(22)18-13(21)8-24-16-20-19-14(23-16)12-6-10(3)5-11(4)7-12/h5-7,9H,8H2,1-4H3,(H2,17,18,21,22). The average Bonchev–Trinajstić information content (AvgIpc) is 2.92. The maximum absolute atomic E-state index is 11.7. The molecule has 0 aliphatic rings. The molecule has 8 heteroatoms. The lowest BCUT2D eigenvalue weighted by atomic mass is 10.1. The van der Waals surface area contributed by atoms with Crippen molar-refractivity contribution in [3.8, 4) is 11.5 Å². The van der Waals surface area contributed by atoms with E-state index in [4.69, 9.17) is 4.42 Å². The number of nitrogens with one attached hydrogen (secondary N) is 2. The highest BCUT2D eigenvalue weighted by Gasteiger charge is 2.13. The monoisotopic (exact) mass is 348 g/mol. The minimum atomic E-state index is -0.517. The Kier molecular flexibility index (Phi) is 5.97. The number of hydrogen-bond donors (Lipinski definition) is 2. The second kappa shape index (κ2) is 7.96. The van der Waals surface area contributed by atoms with Crippen LogP contribution in [-0.4, -0.2) is 33.9 Å². The minimum absolute atomic E-state index is 0.0139. The van der Waals surface area contributed by atoms with Crippen molar-refractivity contribution in [3.05, 3.63) is 29.3 Å². The first-order valence-electron chi connectivity index (χ1n) is 7.49. The third kappa shape index (κ3) is 5.38. The van der Waals surface area contributed by atoms with E-state index in [0.29, 0.717) is 5.89 Å². The molecule has 3 amide bonds. The van der Waals surface area contributed by atoms with Gasteiger partial charge in [-0.3, -0.25) is 10.1 Å². The number of benzene rings is 1. The summed E-state index contributed by atoms with van der Waals surface area (Å²) < 4.78 is 5.56. The van der Waals surface area contributed by atoms with E-state index in [9.17, 15) is 9.59 Å². The van der Waals surface area contributed by atoms with Gasteiger partial charge in [0.1, 0.15) is 0 Å². The van der Waals surface area contributed by atoms with Crippen LogP contribution in [0.5, 0.6) is 0 Å². The molecule has 0 radical (unpaired) electrons. The van der Waals surface area contributed by atoms with Gasteiger partial charge in [0.15, 0.2) is 0 Å². The fourth-order valence-electron chi connectivity index (χ4n) is 2.07. The van der Waals surface area contributed by atoms with Gasteiger partial charge in [0.05, 0.1) is 5.75 Å². The molecule has 0 atom stereocenters. The molecule has 128 valence electrons. The number of aryl methyl sites for hydroxylation is 2. The lowest BCUT2D eigenvalue weighted by Gasteiger charge is -2.08. The molecule has 0 aliphatic carbocycles. The number of carbonyl (C=O) groups is 2. The Hall–Kier alpha value is -2.35. The molecule has 7 nitrogen and oxygen atoms in total. The lowest BCUT2D eigenvalue weighted by molar-refractivity contribution is -0.117. The molecule has 0 saturated carbocycles. The highest BCUT2D eigenvalue weighted by atomic mass is 32.2. The van der Waals surface area contributed by atoms with E-state index in [1.165, 1.54) is 0 Å². The van der Waals surface area contributed by atoms with Gasteiger partial charge in [-0.1, -0.05) is 29.0 Å². The van der Waals surface area contributed by atoms with E-state index in [0.717, 1.165) is 28.5 Å². The van der Waals surface area contributed by atoms with Crippen molar-refractivity contribution in [2.24, 2.45) is 0 Å². The normalized spacial score (nSPS) is 10.7. The maximum atomic E-state index is 11.7. The molecule has 0 spiro atoms. The number of carbonyl (C=O) groups excluding carboxylic acids is 2. The van der Waals surface area contributed by atoms with Gasteiger partial charge in [-0.05, 0) is 39.8 Å². The first-order chi connectivity index (χ1) is 11.3. The van der Waals surface area contributed by atoms with Gasteiger partial charge in [-0.2, -0.15) is 0 Å². The fraction of sp³-hybridized carbons (Fsp3) is 0.375. The largest absolute Gasteiger partial charge is 0.411 e. The molecule has 0 fully saturated rings. The summed E-state index contributed by atoms with van der Waals surface area (Å²) in [5, 5.41) is 13.0. The molecule has 0 bridgehead atoms. The second-order valence-electron chi connectivity index (χ2n) is 5.71. The van der Waals surface area contributed by atoms with Crippen molar-refractivity contribution in [3.63, 3.8) is 0 Å². The van der Waals surface area contributed by atoms with Crippen molar-refractivity contribution in [1.82, 2.24) is 20.8 Å². The van der Waals surface area contributed by atoms with E-state index in [2.05, 4.69) is 26.9 Å². The zero-order valence-electron chi connectivity index (χ0n) is 14.0. The number of nitrogens with zero attached hydrogens (tertiary/aromatic N) is 2. The van der Waals surface area contributed by atoms with Crippen LogP contribution in [0.1, 0.15) is 25.0 Å². The van der Waals surface area contributed by atoms with Crippen molar-refractivity contribution >= 4 is 23.7 Å². The van der Waals surface area contributed by atoms with Crippen molar-refractivity contribution in [1.29, 1.82) is 0 Å². The van der Waals surface area contributed by atoms with Crippen LogP contribution >= 0.6 is 11.8 Å². The van der Waals surface area contributed by atoms with Crippen LogP contribution in [0.2, 0.25) is 0 Å². The predicted octanol–water partition coefficient (Wildman–Crippen LogP) is 2.68. The first kappa shape index (κ1) is 18.0. The first-order valence-corrected chi connectivity index (χ1v) is 8.47. The maximum Gasteiger partial charge on any atom is 0.321 e. The van der Waals surface area contributed by atoms with Crippen LogP contribution in [0.3, 0.4) is 0 Å². The number of hydrogen-bond acceptors (Lipinski definition) is 6. The van der Waals surface area contributed by atoms with Gasteiger partial charge < -0.3 is 9.73 Å². The molecule has 0 saturated heterocycles. The quantitative estimate of drug-likeness (QED) is 0.806. The number of urea groups is 1. The molecule has 0 unspecified atom stereocenters. The van der Waals surface area contributed by atoms with Crippen molar-refractivity contribution in [2.45, 2.75) is 39.0 Å². The van der Waals surface area contributed by atoms with Crippen LogP contribution in [0.25, 0.3) is 11.5 Å². The van der Waals surface area contributed by atoms with Gasteiger partial charge in [0, 0.05) is 11.6 Å². The fourth-order valence-corrected chi connectivity index (χ4v) is 2.63. The second-order valence-corrected chi connectivity index (χ2v) is 6.64. The number of amides is 3. The molecule has 2 aromatic rings. The highest BCUT2D eigenvalue weighted by molar-refractivity contribution is 7.99. The SMILES string of the molecule is Cc1cc(C)cc(-c2nnc(SCC(=O)NC(=O)NC(C)C)o2)c1. The molecule has 2 N–H and O–H groups in total. The van der Waals surface area contributed by atoms with Crippen LogP contribution < -0.4 is 10.6 Å². The van der Waals surface area contributed by atoms with Gasteiger partial charge >= 0.3 is 6.03 Å². The average molecular weight is 348 g/mol. The Labute approximate surface area is 144 Å². The highest BCUT2D eigenvalue weighted by Crippen LogP contribution is 2.24. The third-order valence-corrected chi connectivity index (χ3v) is 3.69. The molecular formula is C16H20N4O3S. The summed E-state index contributed by atoms with van der Waals surface area (Å²) in [6.45, 7) is 7.61. The zero-order chi connectivity index (χ0) is 17.7. The Bertz CT molecular complexity index is 722. The summed E-state index contributed by atoms with van der Waals surface area (Å²) in [7, 11) is 0. The van der Waals surface area contributed by atoms with Crippen LogP contribution in [0.15, 0.2) is 27.8 Å². The summed E-state index contributed by atoms with van der Waals surface area (Å²) in [6, 6.07) is 5.41. The summed E-state index contributed by atoms with van der Waals surface area (Å²) in [4.78, 5) is 23.1. The summed E-state index contributed by atoms with van der Waals surface area (Å²) >= 11 is 1.08. The Morgan fingerprint density at radius 1 is 1.17 bits per heavy atom. The molecule has 1 heterocycles. The molecule has 1 aromatic carbocycles. The number of aromatic nitrogens is 2. The van der Waals surface area contributed by atoms with Crippen molar-refractivity contribution < 1.29 is 14.0 Å². The van der Waals surface area contributed by atoms with E-state index in [1.807, 2.05) is 39.8 Å². The van der Waals surface area contributed by atoms with E-state index >= 15 is 0 Å². The van der Waals surface area contributed by atoms with Crippen LogP contribution in [-0.2, 0) is 4.79 Å². The number of imide groups is 1. The van der Waals surface area contributed by atoms with Crippen LogP contribution in [0.4, 0.5) is 4.79 Å². The lowest BCUT2D eigenvalue weighted by Crippen LogP contribution is -2.43. The topological polar surface area (TPSA) is 97.1 Å². The summed E-state index contributed by atoms with van der Waals surface area (Å²) in [5.41, 5.74) is 3.05. The molecule has 0 aliphatic heterocycles. The number of thioether (sulfide) groups is 1. The Morgan fingerprint density at radius 2 is 1.83 bits per heavy atom. The summed E-state index contributed by atoms with van der Waals surface area (Å²) in [5.74, 6) is -0.00782. The number of rotatable bonds is 5. The van der Waals surface area contributed by atoms with Crippen molar-refractivity contribution in [2.75, 3.05) is 5.75 Å².